The van der Waals surface area contributed by atoms with Crippen LogP contribution in [-0.2, 0) is 19.1 Å². The Balaban J connectivity index is 1.70. The second kappa shape index (κ2) is 13.8. The maximum absolute atomic E-state index is 12.9. The highest BCUT2D eigenvalue weighted by atomic mass is 16.5. The fourth-order valence-corrected chi connectivity index (χ4v) is 4.02. The molecule has 1 aromatic rings. The van der Waals surface area contributed by atoms with Crippen LogP contribution in [0.15, 0.2) is 18.7 Å². The number of rotatable bonds is 14. The van der Waals surface area contributed by atoms with Gasteiger partial charge in [-0.2, -0.15) is 0 Å². The standard InChI is InChI=1S/C23H37N3O5/c1-3-30-21(27)11-9-7-5-6-8-10-13-26(23(29)25-14-12-24-18-25)20-15-19(16-20)17-22(28)31-4-2/h12,14,18-20H,3-11,13,15-17H2,1-2H3. The highest BCUT2D eigenvalue weighted by Crippen LogP contribution is 2.35. The molecule has 0 aliphatic heterocycles. The van der Waals surface area contributed by atoms with Crippen LogP contribution in [0.4, 0.5) is 4.79 Å². The minimum Gasteiger partial charge on any atom is -0.466 e. The number of imidazole rings is 1. The fourth-order valence-electron chi connectivity index (χ4n) is 4.02. The number of ether oxygens (including phenoxy) is 2. The summed E-state index contributed by atoms with van der Waals surface area (Å²) >= 11 is 0. The first-order valence-corrected chi connectivity index (χ1v) is 11.6. The van der Waals surface area contributed by atoms with Gasteiger partial charge in [-0.25, -0.2) is 9.78 Å². The molecule has 0 spiro atoms. The molecule has 1 aromatic heterocycles. The van der Waals surface area contributed by atoms with Gasteiger partial charge in [0.1, 0.15) is 6.33 Å². The second-order valence-electron chi connectivity index (χ2n) is 8.12. The van der Waals surface area contributed by atoms with Crippen LogP contribution < -0.4 is 0 Å². The number of aromatic nitrogens is 2. The molecule has 0 N–H and O–H groups in total. The first-order chi connectivity index (χ1) is 15.0. The van der Waals surface area contributed by atoms with Crippen LogP contribution in [0.2, 0.25) is 0 Å². The average Bonchev–Trinajstić information content (AvgIpc) is 3.25. The third-order valence-electron chi connectivity index (χ3n) is 5.72. The van der Waals surface area contributed by atoms with Gasteiger partial charge in [-0.1, -0.05) is 25.7 Å². The van der Waals surface area contributed by atoms with E-state index in [0.717, 1.165) is 51.4 Å². The molecular weight excluding hydrogens is 398 g/mol. The topological polar surface area (TPSA) is 90.7 Å². The van der Waals surface area contributed by atoms with Crippen molar-refractivity contribution in [2.24, 2.45) is 5.92 Å². The van der Waals surface area contributed by atoms with Crippen LogP contribution >= 0.6 is 0 Å². The Bertz CT molecular complexity index is 671. The minimum atomic E-state index is -0.151. The molecule has 0 atom stereocenters. The molecule has 0 aromatic carbocycles. The van der Waals surface area contributed by atoms with Crippen molar-refractivity contribution in [2.75, 3.05) is 19.8 Å². The number of unbranched alkanes of at least 4 members (excludes halogenated alkanes) is 5. The van der Waals surface area contributed by atoms with E-state index in [-0.39, 0.29) is 24.0 Å². The van der Waals surface area contributed by atoms with Crippen molar-refractivity contribution >= 4 is 18.0 Å². The minimum absolute atomic E-state index is 0.0495. The van der Waals surface area contributed by atoms with Gasteiger partial charge < -0.3 is 14.4 Å². The van der Waals surface area contributed by atoms with Gasteiger partial charge in [-0.3, -0.25) is 14.2 Å². The van der Waals surface area contributed by atoms with Crippen LogP contribution in [0, 0.1) is 5.92 Å². The number of hydrogen-bond acceptors (Lipinski definition) is 6. The molecule has 1 fully saturated rings. The molecule has 1 amide bonds. The predicted molar refractivity (Wildman–Crippen MR) is 116 cm³/mol. The second-order valence-corrected chi connectivity index (χ2v) is 8.12. The molecule has 0 bridgehead atoms. The summed E-state index contributed by atoms with van der Waals surface area (Å²) in [7, 11) is 0. The van der Waals surface area contributed by atoms with E-state index in [4.69, 9.17) is 9.47 Å². The molecule has 0 radical (unpaired) electrons. The molecule has 2 rings (SSSR count). The summed E-state index contributed by atoms with van der Waals surface area (Å²) in [6.07, 6.45) is 13.5. The van der Waals surface area contributed by atoms with Gasteiger partial charge in [0.25, 0.3) is 0 Å². The number of amides is 1. The van der Waals surface area contributed by atoms with E-state index in [2.05, 4.69) is 4.98 Å². The van der Waals surface area contributed by atoms with Crippen LogP contribution in [0.1, 0.15) is 78.1 Å². The van der Waals surface area contributed by atoms with Gasteiger partial charge in [0.15, 0.2) is 0 Å². The smallest absolute Gasteiger partial charge is 0.329 e. The quantitative estimate of drug-likeness (QED) is 0.322. The van der Waals surface area contributed by atoms with E-state index in [1.54, 1.807) is 12.4 Å². The number of nitrogens with zero attached hydrogens (tertiary/aromatic N) is 3. The van der Waals surface area contributed by atoms with Crippen molar-refractivity contribution in [1.82, 2.24) is 14.5 Å². The Kier molecular flexibility index (Phi) is 11.1. The maximum Gasteiger partial charge on any atom is 0.329 e. The van der Waals surface area contributed by atoms with Crippen molar-refractivity contribution in [1.29, 1.82) is 0 Å². The zero-order valence-corrected chi connectivity index (χ0v) is 19.0. The summed E-state index contributed by atoms with van der Waals surface area (Å²) < 4.78 is 11.5. The molecule has 0 saturated heterocycles. The zero-order chi connectivity index (χ0) is 22.5. The number of carbonyl (C=O) groups excluding carboxylic acids is 3. The fraction of sp³-hybridized carbons (Fsp3) is 0.739. The largest absolute Gasteiger partial charge is 0.466 e. The summed E-state index contributed by atoms with van der Waals surface area (Å²) in [5.41, 5.74) is 0. The van der Waals surface area contributed by atoms with Crippen molar-refractivity contribution in [3.63, 3.8) is 0 Å². The van der Waals surface area contributed by atoms with E-state index in [1.165, 1.54) is 10.9 Å². The van der Waals surface area contributed by atoms with E-state index < -0.39 is 0 Å². The Labute approximate surface area is 185 Å². The number of hydrogen-bond donors (Lipinski definition) is 0. The van der Waals surface area contributed by atoms with Gasteiger partial charge in [-0.05, 0) is 45.4 Å². The van der Waals surface area contributed by atoms with Crippen molar-refractivity contribution in [3.05, 3.63) is 18.7 Å². The lowest BCUT2D eigenvalue weighted by atomic mass is 9.77. The van der Waals surface area contributed by atoms with Gasteiger partial charge >= 0.3 is 18.0 Å². The third kappa shape index (κ3) is 8.71. The van der Waals surface area contributed by atoms with Crippen molar-refractivity contribution < 1.29 is 23.9 Å². The lowest BCUT2D eigenvalue weighted by Gasteiger charge is -2.42. The maximum atomic E-state index is 12.9. The normalized spacial score (nSPS) is 17.6. The molecule has 174 valence electrons. The summed E-state index contributed by atoms with van der Waals surface area (Å²) in [6, 6.07) is 0.116. The van der Waals surface area contributed by atoms with Gasteiger partial charge in [-0.15, -0.1) is 0 Å². The van der Waals surface area contributed by atoms with E-state index in [0.29, 0.717) is 38.5 Å². The third-order valence-corrected chi connectivity index (χ3v) is 5.72. The molecule has 8 heteroatoms. The van der Waals surface area contributed by atoms with Crippen LogP contribution in [0.5, 0.6) is 0 Å². The molecule has 31 heavy (non-hydrogen) atoms. The van der Waals surface area contributed by atoms with E-state index >= 15 is 0 Å². The average molecular weight is 436 g/mol. The van der Waals surface area contributed by atoms with Gasteiger partial charge in [0, 0.05) is 37.8 Å². The zero-order valence-electron chi connectivity index (χ0n) is 19.0. The predicted octanol–water partition coefficient (Wildman–Crippen LogP) is 4.18. The van der Waals surface area contributed by atoms with E-state index in [9.17, 15) is 14.4 Å². The molecular formula is C23H37N3O5. The highest BCUT2D eigenvalue weighted by molar-refractivity contribution is 5.77. The van der Waals surface area contributed by atoms with Gasteiger partial charge in [0.05, 0.1) is 13.2 Å². The first-order valence-electron chi connectivity index (χ1n) is 11.6. The Hall–Kier alpha value is -2.38. The van der Waals surface area contributed by atoms with Crippen LogP contribution in [-0.4, -0.2) is 58.2 Å². The number of esters is 2. The summed E-state index contributed by atoms with van der Waals surface area (Å²) in [4.78, 5) is 41.9. The highest BCUT2D eigenvalue weighted by Gasteiger charge is 2.37. The molecule has 1 aliphatic carbocycles. The first kappa shape index (κ1) is 24.9. The van der Waals surface area contributed by atoms with Crippen molar-refractivity contribution in [2.45, 2.75) is 84.1 Å². The SMILES string of the molecule is CCOC(=O)CCCCCCCCN(C(=O)n1ccnc1)C1CC(CC(=O)OCC)C1. The lowest BCUT2D eigenvalue weighted by Crippen LogP contribution is -2.50. The molecule has 1 saturated carbocycles. The van der Waals surface area contributed by atoms with E-state index in [1.807, 2.05) is 18.7 Å². The summed E-state index contributed by atoms with van der Waals surface area (Å²) in [5, 5.41) is 0. The summed E-state index contributed by atoms with van der Waals surface area (Å²) in [5.74, 6) is 0.0286. The van der Waals surface area contributed by atoms with Crippen LogP contribution in [0.3, 0.4) is 0 Å². The monoisotopic (exact) mass is 435 g/mol. The number of carbonyl (C=O) groups is 3. The Morgan fingerprint density at radius 3 is 2.26 bits per heavy atom. The molecule has 0 unspecified atom stereocenters. The Morgan fingerprint density at radius 1 is 0.968 bits per heavy atom. The molecule has 1 heterocycles. The molecule has 1 aliphatic rings. The van der Waals surface area contributed by atoms with Gasteiger partial charge in [0.2, 0.25) is 0 Å². The molecule has 8 nitrogen and oxygen atoms in total. The Morgan fingerprint density at radius 2 is 1.61 bits per heavy atom. The van der Waals surface area contributed by atoms with Crippen molar-refractivity contribution in [3.8, 4) is 0 Å². The summed E-state index contributed by atoms with van der Waals surface area (Å²) in [6.45, 7) is 5.19. The lowest BCUT2D eigenvalue weighted by molar-refractivity contribution is -0.145. The van der Waals surface area contributed by atoms with Crippen LogP contribution in [0.25, 0.3) is 0 Å².